The van der Waals surface area contributed by atoms with E-state index in [1.807, 2.05) is 0 Å². The van der Waals surface area contributed by atoms with Crippen LogP contribution in [-0.2, 0) is 55.8 Å². The molecule has 0 aliphatic carbocycles. The van der Waals surface area contributed by atoms with Gasteiger partial charge in [0.2, 0.25) is 0 Å². The Morgan fingerprint density at radius 1 is 0.199 bits per heavy atom. The number of phosphoric acid groups is 2. The van der Waals surface area contributed by atoms with Crippen LogP contribution in [0.5, 0.6) is 0 Å². The molecule has 5 unspecified atom stereocenters. The van der Waals surface area contributed by atoms with Crippen molar-refractivity contribution in [1.82, 2.24) is 0 Å². The zero-order valence-electron chi connectivity index (χ0n) is 90.0. The van der Waals surface area contributed by atoms with Crippen molar-refractivity contribution in [3.8, 4) is 0 Å². The highest BCUT2D eigenvalue weighted by molar-refractivity contribution is 7.47. The Morgan fingerprint density at radius 3 is 0.560 bits per heavy atom. The highest BCUT2D eigenvalue weighted by atomic mass is 31.2. The third-order valence-corrected chi connectivity index (χ3v) is 26.4. The number of ether oxygens (including phenoxy) is 3. The van der Waals surface area contributed by atoms with Gasteiger partial charge in [-0.3, -0.25) is 32.5 Å². The summed E-state index contributed by atoms with van der Waals surface area (Å²) in [5.41, 5.74) is 0. The lowest BCUT2D eigenvalue weighted by Gasteiger charge is -2.21. The molecule has 0 rings (SSSR count). The molecule has 0 aromatic heterocycles. The van der Waals surface area contributed by atoms with Crippen LogP contribution in [0.1, 0.15) is 496 Å². The Bertz CT molecular complexity index is 3400. The quantitative estimate of drug-likeness (QED) is 0.0146. The molecule has 5 atom stereocenters. The zero-order valence-corrected chi connectivity index (χ0v) is 91.8. The molecule has 0 heterocycles. The monoisotopic (exact) mass is 2010 g/mol. The van der Waals surface area contributed by atoms with Crippen molar-refractivity contribution >= 4 is 33.6 Å². The third kappa shape index (κ3) is 114. The van der Waals surface area contributed by atoms with Crippen LogP contribution in [0.4, 0.5) is 0 Å². The fraction of sp³-hybridized carbons (Fsp3) is 0.699. The SMILES string of the molecule is CC/C=C\C/C=C\C/C=C\C/C=C\C/C=C\C/C=C\CCCCCCCCCCCCCCCCCCC(=O)OCC(O)COP(=O)(O)OCC(O)COP(=O)(O)OCC(COC(=O)CCCCCCCCCCCCCCCCCC/C=C\C/C=C\C/C=C\C/C=C\C/C=C\C/C=C\CC)OC(=O)CCCCCCCCCCCCCCCCCCCCC/C=C\C/C=C\C/C=C\C/C=C\C/C=C\CC. The lowest BCUT2D eigenvalue weighted by atomic mass is 10.0. The molecule has 0 aromatic rings. The predicted octanol–water partition coefficient (Wildman–Crippen LogP) is 37.4. The maximum Gasteiger partial charge on any atom is 0.472 e. The van der Waals surface area contributed by atoms with Crippen molar-refractivity contribution in [3.63, 3.8) is 0 Å². The molecule has 0 amide bonds. The number of hydrogen-bond donors (Lipinski definition) is 4. The number of allylic oxidation sites excluding steroid dienone is 34. The Morgan fingerprint density at radius 2 is 0.355 bits per heavy atom. The Balaban J connectivity index is 4.61. The number of unbranched alkanes of at least 4 members (excludes halogenated alkanes) is 51. The van der Waals surface area contributed by atoms with Gasteiger partial charge in [0, 0.05) is 19.3 Å². The first-order valence-electron chi connectivity index (χ1n) is 57.4. The van der Waals surface area contributed by atoms with Crippen molar-refractivity contribution in [3.05, 3.63) is 207 Å². The van der Waals surface area contributed by atoms with Crippen LogP contribution < -0.4 is 0 Å². The number of phosphoric ester groups is 2. The molecule has 16 nitrogen and oxygen atoms in total. The van der Waals surface area contributed by atoms with Crippen LogP contribution in [0.15, 0.2) is 207 Å². The molecule has 0 aliphatic rings. The van der Waals surface area contributed by atoms with E-state index >= 15 is 0 Å². The summed E-state index contributed by atoms with van der Waals surface area (Å²) in [7, 11) is -9.83. The van der Waals surface area contributed by atoms with E-state index in [9.17, 15) is 43.5 Å². The smallest absolute Gasteiger partial charge is 0.463 e. The molecule has 0 fully saturated rings. The maximum absolute atomic E-state index is 13.2. The van der Waals surface area contributed by atoms with Gasteiger partial charge in [-0.15, -0.1) is 0 Å². The summed E-state index contributed by atoms with van der Waals surface area (Å²) < 4.78 is 61.9. The number of carbonyl (C=O) groups is 3. The van der Waals surface area contributed by atoms with Crippen molar-refractivity contribution in [2.45, 2.75) is 514 Å². The molecule has 18 heteroatoms. The number of carbonyl (C=O) groups excluding carboxylic acids is 3. The summed E-state index contributed by atoms with van der Waals surface area (Å²) in [5.74, 6) is -1.55. The predicted molar refractivity (Wildman–Crippen MR) is 601 cm³/mol. The van der Waals surface area contributed by atoms with Gasteiger partial charge in [-0.2, -0.15) is 0 Å². The summed E-state index contributed by atoms with van der Waals surface area (Å²) in [6, 6.07) is 0. The van der Waals surface area contributed by atoms with E-state index in [0.717, 1.165) is 173 Å². The second-order valence-corrected chi connectivity index (χ2v) is 41.0. The van der Waals surface area contributed by atoms with E-state index in [1.165, 1.54) is 263 Å². The van der Waals surface area contributed by atoms with E-state index in [0.29, 0.717) is 19.3 Å². The molecule has 0 saturated carbocycles. The second-order valence-electron chi connectivity index (χ2n) is 38.1. The second kappa shape index (κ2) is 113. The standard InChI is InChI=1S/C123H210O16P2/c1-4-7-10-13-16-19-22-25-28-31-34-37-40-43-46-49-52-55-58-61-64-67-70-73-76-79-82-85-88-91-94-97-100-103-106-109-121(126)133-112-118(124)113-135-140(129,130)136-114-119(125)115-137-141(131,132)138-117-120(139-123(128)111-108-105-102-99-96-93-90-87-84-81-78-75-72-69-66-63-60-57-54-51-48-45-42-39-36-33-30-27-24-21-18-15-12-9-6-3)116-134-122(127)110-107-104-101-98-95-92-89-86-83-80-77-74-71-68-65-62-59-56-53-50-47-44-41-38-35-32-29-26-23-20-17-14-11-8-5-2/h7-12,16-21,25-30,34-39,43-48,52-53,55-56,118-120,124-125H,4-6,13-15,22-24,31-33,40-42,49-51,54,57-117H2,1-3H3,(H,129,130)(H,131,132)/b10-7-,11-8-,12-9-,19-16-,20-17-,21-18-,28-25-,29-26-,30-27-,37-34-,38-35-,39-36-,46-43-,47-44-,48-45-,55-52-,56-53-. The first kappa shape index (κ1) is 135. The highest BCUT2D eigenvalue weighted by Crippen LogP contribution is 2.45. The van der Waals surface area contributed by atoms with E-state index in [4.69, 9.17) is 32.3 Å². The van der Waals surface area contributed by atoms with Gasteiger partial charge >= 0.3 is 33.6 Å². The molecule has 4 N–H and O–H groups in total. The number of aliphatic hydroxyl groups excluding tert-OH is 2. The molecule has 0 radical (unpaired) electrons. The van der Waals surface area contributed by atoms with Gasteiger partial charge in [0.15, 0.2) is 6.10 Å². The van der Waals surface area contributed by atoms with Crippen LogP contribution >= 0.6 is 15.6 Å². The van der Waals surface area contributed by atoms with Crippen LogP contribution in [0.25, 0.3) is 0 Å². The maximum atomic E-state index is 13.2. The Hall–Kier alpha value is -5.87. The first-order chi connectivity index (χ1) is 69.2. The molecule has 0 saturated heterocycles. The molecule has 808 valence electrons. The molecule has 0 aromatic carbocycles. The summed E-state index contributed by atoms with van der Waals surface area (Å²) in [4.78, 5) is 59.4. The van der Waals surface area contributed by atoms with Gasteiger partial charge < -0.3 is 34.2 Å². The lowest BCUT2D eigenvalue weighted by Crippen LogP contribution is -2.30. The van der Waals surface area contributed by atoms with Crippen molar-refractivity contribution in [2.75, 3.05) is 39.6 Å². The van der Waals surface area contributed by atoms with E-state index in [1.54, 1.807) is 0 Å². The number of rotatable bonds is 108. The average Bonchev–Trinajstić information content (AvgIpc) is 0.899. The van der Waals surface area contributed by atoms with Gasteiger partial charge in [0.05, 0.1) is 26.4 Å². The molecule has 141 heavy (non-hydrogen) atoms. The van der Waals surface area contributed by atoms with Crippen molar-refractivity contribution < 1.29 is 75.8 Å². The summed E-state index contributed by atoms with van der Waals surface area (Å²) >= 11 is 0. The van der Waals surface area contributed by atoms with E-state index in [2.05, 4.69) is 227 Å². The van der Waals surface area contributed by atoms with E-state index < -0.39 is 91.5 Å². The third-order valence-electron chi connectivity index (χ3n) is 24.5. The minimum absolute atomic E-state index is 0.104. The summed E-state index contributed by atoms with van der Waals surface area (Å²) in [6.07, 6.45) is 155. The van der Waals surface area contributed by atoms with Gasteiger partial charge in [-0.25, -0.2) is 9.13 Å². The van der Waals surface area contributed by atoms with Crippen molar-refractivity contribution in [1.29, 1.82) is 0 Å². The minimum Gasteiger partial charge on any atom is -0.463 e. The van der Waals surface area contributed by atoms with Gasteiger partial charge in [-0.1, -0.05) is 516 Å². The van der Waals surface area contributed by atoms with Crippen molar-refractivity contribution in [2.24, 2.45) is 0 Å². The van der Waals surface area contributed by atoms with Gasteiger partial charge in [0.25, 0.3) is 0 Å². The molecular formula is C123H210O16P2. The number of aliphatic hydroxyl groups is 2. The minimum atomic E-state index is -4.95. The molecule has 0 bridgehead atoms. The molecule has 0 spiro atoms. The summed E-state index contributed by atoms with van der Waals surface area (Å²) in [5, 5.41) is 20.9. The largest absolute Gasteiger partial charge is 0.472 e. The Labute approximate surface area is 864 Å². The number of hydrogen-bond acceptors (Lipinski definition) is 14. The molecule has 0 aliphatic heterocycles. The fourth-order valence-electron chi connectivity index (χ4n) is 16.0. The normalized spacial score (nSPS) is 14.3. The molecular weight excluding hydrogens is 1800 g/mol. The van der Waals surface area contributed by atoms with E-state index in [-0.39, 0.29) is 19.3 Å². The fourth-order valence-corrected chi connectivity index (χ4v) is 17.6. The van der Waals surface area contributed by atoms with Crippen LogP contribution in [0, 0.1) is 0 Å². The highest BCUT2D eigenvalue weighted by Gasteiger charge is 2.30. The number of esters is 3. The van der Waals surface area contributed by atoms with Gasteiger partial charge in [-0.05, 0) is 167 Å². The first-order valence-corrected chi connectivity index (χ1v) is 60.4. The Kier molecular flexibility index (Phi) is 108. The lowest BCUT2D eigenvalue weighted by molar-refractivity contribution is -0.161. The van der Waals surface area contributed by atoms with Crippen LogP contribution in [0.2, 0.25) is 0 Å². The van der Waals surface area contributed by atoms with Gasteiger partial charge in [0.1, 0.15) is 25.4 Å². The van der Waals surface area contributed by atoms with Crippen LogP contribution in [-0.4, -0.2) is 95.9 Å². The summed E-state index contributed by atoms with van der Waals surface area (Å²) in [6.45, 7) is 2.44. The van der Waals surface area contributed by atoms with Crippen LogP contribution in [0.3, 0.4) is 0 Å². The average molecular weight is 2010 g/mol. The topological polar surface area (TPSA) is 231 Å². The zero-order chi connectivity index (χ0) is 102.